The number of carbonyl (C=O) groups excluding carboxylic acids is 3. The number of aliphatic hydroxyl groups excluding tert-OH is 1. The quantitative estimate of drug-likeness (QED) is 0.702. The molecule has 0 aromatic heterocycles. The molecule has 0 spiro atoms. The fourth-order valence-electron chi connectivity index (χ4n) is 6.53. The van der Waals surface area contributed by atoms with Crippen molar-refractivity contribution in [2.24, 2.45) is 28.6 Å². The molecule has 4 rings (SSSR count). The van der Waals surface area contributed by atoms with E-state index in [2.05, 4.69) is 0 Å². The second kappa shape index (κ2) is 6.47. The Morgan fingerprint density at radius 2 is 2.00 bits per heavy atom. The maximum atomic E-state index is 12.8. The summed E-state index contributed by atoms with van der Waals surface area (Å²) in [5.74, 6) is -1.28. The van der Waals surface area contributed by atoms with E-state index in [1.165, 1.54) is 6.92 Å². The van der Waals surface area contributed by atoms with Crippen molar-refractivity contribution >= 4 is 17.5 Å². The van der Waals surface area contributed by atoms with Crippen molar-refractivity contribution in [3.63, 3.8) is 0 Å². The molecule has 0 aliphatic heterocycles. The van der Waals surface area contributed by atoms with Crippen molar-refractivity contribution in [1.82, 2.24) is 0 Å². The second-order valence-electron chi connectivity index (χ2n) is 9.48. The van der Waals surface area contributed by atoms with E-state index in [1.54, 1.807) is 12.2 Å². The highest BCUT2D eigenvalue weighted by Crippen LogP contribution is 2.65. The molecule has 2 N–H and O–H groups in total. The zero-order valence-electron chi connectivity index (χ0n) is 17.1. The molecule has 6 nitrogen and oxygen atoms in total. The lowest BCUT2D eigenvalue weighted by molar-refractivity contribution is -0.175. The predicted octanol–water partition coefficient (Wildman–Crippen LogP) is 1.90. The number of hydrogen-bond acceptors (Lipinski definition) is 6. The maximum absolute atomic E-state index is 12.8. The topological polar surface area (TPSA) is 101 Å². The second-order valence-corrected chi connectivity index (χ2v) is 9.48. The van der Waals surface area contributed by atoms with E-state index in [4.69, 9.17) is 4.74 Å². The highest BCUT2D eigenvalue weighted by atomic mass is 16.5. The number of carbonyl (C=O) groups is 3. The zero-order valence-corrected chi connectivity index (χ0v) is 17.1. The highest BCUT2D eigenvalue weighted by Gasteiger charge is 2.67. The molecule has 2 saturated carbocycles. The van der Waals surface area contributed by atoms with E-state index < -0.39 is 40.9 Å². The van der Waals surface area contributed by atoms with Crippen LogP contribution in [0.3, 0.4) is 0 Å². The van der Waals surface area contributed by atoms with Crippen LogP contribution in [0.1, 0.15) is 40.0 Å². The van der Waals surface area contributed by atoms with Gasteiger partial charge in [0.1, 0.15) is 5.60 Å². The van der Waals surface area contributed by atoms with Gasteiger partial charge in [0, 0.05) is 23.7 Å². The standard InChI is InChI=1S/C23H28O6/c1-13(24)29-12-19(27)23(28)9-7-17-16-5-4-14-10-15(25)6-8-21(14,2)20(16)18(26)11-22(17,23)3/h4-6,8,10,16-18,20,26,28H,7,9,11-12H2,1-3H3/t16-,17+,18-,20-,21-,22-,23-/m0/s1. The van der Waals surface area contributed by atoms with Crippen molar-refractivity contribution in [2.75, 3.05) is 6.61 Å². The molecular weight excluding hydrogens is 372 g/mol. The van der Waals surface area contributed by atoms with Crippen LogP contribution < -0.4 is 0 Å². The molecule has 6 heteroatoms. The molecule has 0 unspecified atom stereocenters. The maximum Gasteiger partial charge on any atom is 0.303 e. The van der Waals surface area contributed by atoms with Crippen molar-refractivity contribution in [3.8, 4) is 0 Å². The number of fused-ring (bicyclic) bond motifs is 5. The number of esters is 1. The van der Waals surface area contributed by atoms with Crippen molar-refractivity contribution in [3.05, 3.63) is 36.0 Å². The molecule has 0 aromatic rings. The van der Waals surface area contributed by atoms with E-state index in [9.17, 15) is 24.6 Å². The van der Waals surface area contributed by atoms with Crippen LogP contribution in [0.2, 0.25) is 0 Å². The molecule has 7 atom stereocenters. The number of ketones is 2. The van der Waals surface area contributed by atoms with Crippen LogP contribution in [0, 0.1) is 28.6 Å². The van der Waals surface area contributed by atoms with Crippen molar-refractivity contribution in [2.45, 2.75) is 51.7 Å². The highest BCUT2D eigenvalue weighted by molar-refractivity contribution is 6.01. The Bertz CT molecular complexity index is 869. The number of allylic oxidation sites excluding steroid dienone is 6. The third-order valence-corrected chi connectivity index (χ3v) is 8.08. The Kier molecular flexibility index (Phi) is 4.52. The molecule has 156 valence electrons. The Labute approximate surface area is 170 Å². The Morgan fingerprint density at radius 1 is 1.28 bits per heavy atom. The summed E-state index contributed by atoms with van der Waals surface area (Å²) in [5, 5.41) is 22.7. The minimum Gasteiger partial charge on any atom is -0.458 e. The van der Waals surface area contributed by atoms with Gasteiger partial charge in [0.2, 0.25) is 5.78 Å². The summed E-state index contributed by atoms with van der Waals surface area (Å²) in [5.41, 5.74) is -2.02. The van der Waals surface area contributed by atoms with E-state index >= 15 is 0 Å². The fraction of sp³-hybridized carbons (Fsp3) is 0.609. The summed E-state index contributed by atoms with van der Waals surface area (Å²) < 4.78 is 4.86. The fourth-order valence-corrected chi connectivity index (χ4v) is 6.53. The summed E-state index contributed by atoms with van der Waals surface area (Å²) in [6.07, 6.45) is 9.54. The summed E-state index contributed by atoms with van der Waals surface area (Å²) in [6, 6.07) is 0. The number of ether oxygens (including phenoxy) is 1. The lowest BCUT2D eigenvalue weighted by Gasteiger charge is -2.57. The van der Waals surface area contributed by atoms with Crippen molar-refractivity contribution in [1.29, 1.82) is 0 Å². The van der Waals surface area contributed by atoms with Crippen molar-refractivity contribution < 1.29 is 29.3 Å². The average molecular weight is 400 g/mol. The monoisotopic (exact) mass is 400 g/mol. The largest absolute Gasteiger partial charge is 0.458 e. The summed E-state index contributed by atoms with van der Waals surface area (Å²) >= 11 is 0. The van der Waals surface area contributed by atoms with Crippen LogP contribution in [0.4, 0.5) is 0 Å². The van der Waals surface area contributed by atoms with Gasteiger partial charge in [0.15, 0.2) is 12.4 Å². The molecule has 0 aromatic carbocycles. The molecule has 2 fully saturated rings. The zero-order chi connectivity index (χ0) is 21.2. The SMILES string of the molecule is CC(=O)OCC(=O)[C@@]1(O)CC[C@@H]2[C@@H]3C=CC4=CC(=O)C=C[C@]4(C)[C@@H]3[C@@H](O)C[C@@]21C. The molecule has 29 heavy (non-hydrogen) atoms. The Hall–Kier alpha value is -2.05. The minimum absolute atomic E-state index is 0.00262. The average Bonchev–Trinajstić information content (AvgIpc) is 2.91. The van der Waals surface area contributed by atoms with Crippen LogP contribution in [0.15, 0.2) is 36.0 Å². The van der Waals surface area contributed by atoms with Crippen LogP contribution in [-0.4, -0.2) is 46.1 Å². The first-order valence-corrected chi connectivity index (χ1v) is 10.2. The molecule has 0 heterocycles. The lowest BCUT2D eigenvalue weighted by atomic mass is 9.48. The van der Waals surface area contributed by atoms with Crippen LogP contribution in [-0.2, 0) is 19.1 Å². The smallest absolute Gasteiger partial charge is 0.303 e. The number of aliphatic hydroxyl groups is 2. The minimum atomic E-state index is -1.64. The Morgan fingerprint density at radius 3 is 2.69 bits per heavy atom. The van der Waals surface area contributed by atoms with Gasteiger partial charge < -0.3 is 14.9 Å². The van der Waals surface area contributed by atoms with E-state index in [0.29, 0.717) is 6.42 Å². The number of rotatable bonds is 3. The van der Waals surface area contributed by atoms with E-state index in [1.807, 2.05) is 32.1 Å². The van der Waals surface area contributed by atoms with E-state index in [0.717, 1.165) is 5.57 Å². The summed E-state index contributed by atoms with van der Waals surface area (Å²) in [4.78, 5) is 35.8. The van der Waals surface area contributed by atoms with Gasteiger partial charge in [-0.3, -0.25) is 14.4 Å². The van der Waals surface area contributed by atoms with Gasteiger partial charge in [0.25, 0.3) is 0 Å². The molecule has 4 aliphatic carbocycles. The lowest BCUT2D eigenvalue weighted by Crippen LogP contribution is -2.61. The molecule has 0 radical (unpaired) electrons. The molecule has 0 bridgehead atoms. The van der Waals surface area contributed by atoms with Gasteiger partial charge in [-0.1, -0.05) is 32.1 Å². The van der Waals surface area contributed by atoms with Gasteiger partial charge >= 0.3 is 5.97 Å². The molecule has 0 saturated heterocycles. The van der Waals surface area contributed by atoms with Crippen LogP contribution >= 0.6 is 0 Å². The predicted molar refractivity (Wildman–Crippen MR) is 105 cm³/mol. The van der Waals surface area contributed by atoms with Crippen LogP contribution in [0.5, 0.6) is 0 Å². The van der Waals surface area contributed by atoms with Gasteiger partial charge in [-0.25, -0.2) is 0 Å². The number of Topliss-reactive ketones (excluding diaryl/α,β-unsaturated/α-hetero) is 1. The normalized spacial score (nSPS) is 45.1. The first kappa shape index (κ1) is 20.2. The summed E-state index contributed by atoms with van der Waals surface area (Å²) in [7, 11) is 0. The van der Waals surface area contributed by atoms with Gasteiger partial charge in [0.05, 0.1) is 6.10 Å². The first-order chi connectivity index (χ1) is 13.5. The van der Waals surface area contributed by atoms with Gasteiger partial charge in [-0.2, -0.15) is 0 Å². The molecule has 4 aliphatic rings. The first-order valence-electron chi connectivity index (χ1n) is 10.2. The molecule has 0 amide bonds. The Balaban J connectivity index is 1.70. The number of hydrogen-bond donors (Lipinski definition) is 2. The third kappa shape index (κ3) is 2.72. The van der Waals surface area contributed by atoms with Gasteiger partial charge in [-0.05, 0) is 48.8 Å². The van der Waals surface area contributed by atoms with Crippen LogP contribution in [0.25, 0.3) is 0 Å². The van der Waals surface area contributed by atoms with E-state index in [-0.39, 0.29) is 36.4 Å². The summed E-state index contributed by atoms with van der Waals surface area (Å²) in [6.45, 7) is 4.69. The molecular formula is C23H28O6. The van der Waals surface area contributed by atoms with Gasteiger partial charge in [-0.15, -0.1) is 0 Å². The third-order valence-electron chi connectivity index (χ3n) is 8.08.